The SMILES string of the molecule is C[C@H](CC(=O)[C@@H](C#N)c1ccc(C(F)(F)F)cn1)c1ccccc1. The van der Waals surface area contributed by atoms with E-state index in [1.54, 1.807) is 0 Å². The van der Waals surface area contributed by atoms with Gasteiger partial charge in [0.05, 0.1) is 17.3 Å². The second kappa shape index (κ2) is 7.26. The number of rotatable bonds is 5. The van der Waals surface area contributed by atoms with E-state index in [2.05, 4.69) is 4.98 Å². The highest BCUT2D eigenvalue weighted by Crippen LogP contribution is 2.30. The van der Waals surface area contributed by atoms with Crippen molar-refractivity contribution >= 4 is 5.78 Å². The van der Waals surface area contributed by atoms with Crippen molar-refractivity contribution in [1.82, 2.24) is 4.98 Å². The van der Waals surface area contributed by atoms with Crippen LogP contribution in [0.1, 0.15) is 42.0 Å². The summed E-state index contributed by atoms with van der Waals surface area (Å²) in [6, 6.07) is 13.1. The van der Waals surface area contributed by atoms with Crippen LogP contribution in [0.25, 0.3) is 0 Å². The van der Waals surface area contributed by atoms with Gasteiger partial charge in [0.1, 0.15) is 5.92 Å². The molecule has 124 valence electrons. The minimum absolute atomic E-state index is 0.0377. The molecule has 24 heavy (non-hydrogen) atoms. The van der Waals surface area contributed by atoms with Gasteiger partial charge >= 0.3 is 6.18 Å². The summed E-state index contributed by atoms with van der Waals surface area (Å²) in [4.78, 5) is 16.0. The van der Waals surface area contributed by atoms with Crippen LogP contribution in [0.4, 0.5) is 13.2 Å². The van der Waals surface area contributed by atoms with E-state index >= 15 is 0 Å². The van der Waals surface area contributed by atoms with Gasteiger partial charge in [-0.15, -0.1) is 0 Å². The average molecular weight is 332 g/mol. The van der Waals surface area contributed by atoms with Crippen molar-refractivity contribution in [2.45, 2.75) is 31.4 Å². The average Bonchev–Trinajstić information content (AvgIpc) is 2.56. The van der Waals surface area contributed by atoms with Crippen LogP contribution in [0.5, 0.6) is 0 Å². The van der Waals surface area contributed by atoms with Crippen LogP contribution in [0.2, 0.25) is 0 Å². The molecule has 1 aromatic heterocycles. The first-order valence-corrected chi connectivity index (χ1v) is 7.33. The maximum absolute atomic E-state index is 12.5. The predicted molar refractivity (Wildman–Crippen MR) is 82.1 cm³/mol. The van der Waals surface area contributed by atoms with Gasteiger partial charge < -0.3 is 0 Å². The highest BCUT2D eigenvalue weighted by molar-refractivity contribution is 5.88. The molecule has 2 rings (SSSR count). The molecule has 0 spiro atoms. The van der Waals surface area contributed by atoms with E-state index in [1.807, 2.05) is 43.3 Å². The number of Topliss-reactive ketones (excluding diaryl/α,β-unsaturated/α-hetero) is 1. The van der Waals surface area contributed by atoms with Gasteiger partial charge in [-0.3, -0.25) is 9.78 Å². The second-order valence-corrected chi connectivity index (χ2v) is 5.51. The topological polar surface area (TPSA) is 53.8 Å². The number of carbonyl (C=O) groups excluding carboxylic acids is 1. The lowest BCUT2D eigenvalue weighted by molar-refractivity contribution is -0.137. The number of pyridine rings is 1. The Bertz CT molecular complexity index is 734. The summed E-state index contributed by atoms with van der Waals surface area (Å²) in [5.74, 6) is -1.62. The van der Waals surface area contributed by atoms with Crippen molar-refractivity contribution in [1.29, 1.82) is 5.26 Å². The Morgan fingerprint density at radius 1 is 1.21 bits per heavy atom. The second-order valence-electron chi connectivity index (χ2n) is 5.51. The molecule has 3 nitrogen and oxygen atoms in total. The van der Waals surface area contributed by atoms with Crippen molar-refractivity contribution in [2.24, 2.45) is 0 Å². The number of hydrogen-bond donors (Lipinski definition) is 0. The van der Waals surface area contributed by atoms with Crippen molar-refractivity contribution in [3.8, 4) is 6.07 Å². The number of hydrogen-bond acceptors (Lipinski definition) is 3. The van der Waals surface area contributed by atoms with Gasteiger partial charge in [-0.1, -0.05) is 37.3 Å². The van der Waals surface area contributed by atoms with Gasteiger partial charge in [0.25, 0.3) is 0 Å². The first-order valence-electron chi connectivity index (χ1n) is 7.33. The minimum Gasteiger partial charge on any atom is -0.298 e. The van der Waals surface area contributed by atoms with E-state index in [-0.39, 0.29) is 23.8 Å². The van der Waals surface area contributed by atoms with E-state index in [0.717, 1.165) is 17.7 Å². The van der Waals surface area contributed by atoms with Crippen LogP contribution < -0.4 is 0 Å². The molecule has 0 saturated carbocycles. The monoisotopic (exact) mass is 332 g/mol. The summed E-state index contributed by atoms with van der Waals surface area (Å²) < 4.78 is 37.6. The maximum atomic E-state index is 12.5. The molecule has 0 radical (unpaired) electrons. The van der Waals surface area contributed by atoms with E-state index in [9.17, 15) is 23.2 Å². The molecule has 2 aromatic rings. The van der Waals surface area contributed by atoms with Crippen molar-refractivity contribution in [3.63, 3.8) is 0 Å². The Balaban J connectivity index is 2.13. The number of carbonyl (C=O) groups is 1. The molecule has 0 aliphatic heterocycles. The summed E-state index contributed by atoms with van der Waals surface area (Å²) in [6.07, 6.45) is -3.74. The number of halogens is 3. The van der Waals surface area contributed by atoms with Crippen LogP contribution in [-0.2, 0) is 11.0 Å². The molecular formula is C18H15F3N2O. The molecule has 0 aliphatic carbocycles. The van der Waals surface area contributed by atoms with E-state index in [1.165, 1.54) is 0 Å². The van der Waals surface area contributed by atoms with Gasteiger partial charge in [-0.25, -0.2) is 0 Å². The number of nitrogens with zero attached hydrogens (tertiary/aromatic N) is 2. The third-order valence-electron chi connectivity index (χ3n) is 3.74. The lowest BCUT2D eigenvalue weighted by Gasteiger charge is -2.14. The smallest absolute Gasteiger partial charge is 0.298 e. The van der Waals surface area contributed by atoms with E-state index in [4.69, 9.17) is 0 Å². The highest BCUT2D eigenvalue weighted by atomic mass is 19.4. The van der Waals surface area contributed by atoms with Crippen LogP contribution in [0, 0.1) is 11.3 Å². The Morgan fingerprint density at radius 3 is 2.38 bits per heavy atom. The number of benzene rings is 1. The van der Waals surface area contributed by atoms with Gasteiger partial charge in [0, 0.05) is 12.6 Å². The molecule has 0 fully saturated rings. The quantitative estimate of drug-likeness (QED) is 0.812. The highest BCUT2D eigenvalue weighted by Gasteiger charge is 2.31. The number of alkyl halides is 3. The summed E-state index contributed by atoms with van der Waals surface area (Å²) >= 11 is 0. The zero-order valence-electron chi connectivity index (χ0n) is 12.9. The van der Waals surface area contributed by atoms with E-state index in [0.29, 0.717) is 6.20 Å². The Morgan fingerprint density at radius 2 is 1.88 bits per heavy atom. The zero-order valence-corrected chi connectivity index (χ0v) is 12.9. The van der Waals surface area contributed by atoms with Gasteiger partial charge in [0.2, 0.25) is 0 Å². The molecule has 0 aliphatic rings. The van der Waals surface area contributed by atoms with Gasteiger partial charge in [0.15, 0.2) is 5.78 Å². The molecule has 1 heterocycles. The lowest BCUT2D eigenvalue weighted by Crippen LogP contribution is -2.15. The fraction of sp³-hybridized carbons (Fsp3) is 0.278. The van der Waals surface area contributed by atoms with Crippen LogP contribution in [0.15, 0.2) is 48.7 Å². The Kier molecular flexibility index (Phi) is 5.35. The van der Waals surface area contributed by atoms with Gasteiger partial charge in [-0.05, 0) is 23.6 Å². The summed E-state index contributed by atoms with van der Waals surface area (Å²) in [5, 5.41) is 9.23. The molecule has 6 heteroatoms. The lowest BCUT2D eigenvalue weighted by atomic mass is 9.89. The van der Waals surface area contributed by atoms with Crippen molar-refractivity contribution in [3.05, 3.63) is 65.5 Å². The molecule has 0 saturated heterocycles. The first-order chi connectivity index (χ1) is 11.3. The fourth-order valence-corrected chi connectivity index (χ4v) is 2.37. The maximum Gasteiger partial charge on any atom is 0.417 e. The summed E-state index contributed by atoms with van der Waals surface area (Å²) in [6.45, 7) is 1.86. The largest absolute Gasteiger partial charge is 0.417 e. The van der Waals surface area contributed by atoms with Crippen molar-refractivity contribution in [2.75, 3.05) is 0 Å². The zero-order chi connectivity index (χ0) is 17.7. The van der Waals surface area contributed by atoms with Gasteiger partial charge in [-0.2, -0.15) is 18.4 Å². The fourth-order valence-electron chi connectivity index (χ4n) is 2.37. The Labute approximate surface area is 137 Å². The molecule has 0 unspecified atom stereocenters. The standard InChI is InChI=1S/C18H15F3N2O/c1-12(13-5-3-2-4-6-13)9-17(24)15(10-22)16-8-7-14(11-23-16)18(19,20)21/h2-8,11-12,15H,9H2,1H3/t12-,15+/m1/s1. The molecule has 2 atom stereocenters. The summed E-state index contributed by atoms with van der Waals surface area (Å²) in [5.41, 5.74) is 0.0896. The summed E-state index contributed by atoms with van der Waals surface area (Å²) in [7, 11) is 0. The predicted octanol–water partition coefficient (Wildman–Crippen LogP) is 4.47. The number of ketones is 1. The van der Waals surface area contributed by atoms with Crippen LogP contribution in [0.3, 0.4) is 0 Å². The molecular weight excluding hydrogens is 317 g/mol. The Hall–Kier alpha value is -2.68. The molecule has 0 amide bonds. The third kappa shape index (κ3) is 4.19. The van der Waals surface area contributed by atoms with E-state index < -0.39 is 17.7 Å². The number of aromatic nitrogens is 1. The normalized spacial score (nSPS) is 13.8. The number of nitriles is 1. The molecule has 1 aromatic carbocycles. The minimum atomic E-state index is -4.50. The van der Waals surface area contributed by atoms with Crippen molar-refractivity contribution < 1.29 is 18.0 Å². The van der Waals surface area contributed by atoms with Crippen LogP contribution in [-0.4, -0.2) is 10.8 Å². The molecule has 0 bridgehead atoms. The first kappa shape index (κ1) is 17.7. The van der Waals surface area contributed by atoms with Crippen LogP contribution >= 0.6 is 0 Å². The third-order valence-corrected chi connectivity index (χ3v) is 3.74. The molecule has 0 N–H and O–H groups in total.